The highest BCUT2D eigenvalue weighted by atomic mass is 35.5. The molecule has 1 heterocycles. The van der Waals surface area contributed by atoms with Gasteiger partial charge < -0.3 is 5.32 Å². The quantitative estimate of drug-likeness (QED) is 0.667. The van der Waals surface area contributed by atoms with Crippen LogP contribution in [0.1, 0.15) is 31.7 Å². The van der Waals surface area contributed by atoms with Gasteiger partial charge in [0.1, 0.15) is 0 Å². The Kier molecular flexibility index (Phi) is 2.20. The van der Waals surface area contributed by atoms with Gasteiger partial charge in [-0.2, -0.15) is 0 Å². The molecule has 0 bridgehead atoms. The molecule has 2 unspecified atom stereocenters. The van der Waals surface area contributed by atoms with Crippen molar-refractivity contribution in [1.29, 1.82) is 0 Å². The lowest BCUT2D eigenvalue weighted by molar-refractivity contribution is 0.590. The van der Waals surface area contributed by atoms with Crippen molar-refractivity contribution in [2.45, 2.75) is 32.2 Å². The molecular formula is C11H14ClN. The first-order valence-corrected chi connectivity index (χ1v) is 5.11. The summed E-state index contributed by atoms with van der Waals surface area (Å²) in [6.45, 7) is 4.45. The monoisotopic (exact) mass is 195 g/mol. The number of anilines is 1. The topological polar surface area (TPSA) is 12.0 Å². The van der Waals surface area contributed by atoms with Crippen molar-refractivity contribution < 1.29 is 0 Å². The van der Waals surface area contributed by atoms with Gasteiger partial charge in [-0.05, 0) is 37.0 Å². The van der Waals surface area contributed by atoms with Gasteiger partial charge >= 0.3 is 0 Å². The molecule has 0 fully saturated rings. The molecule has 0 amide bonds. The first-order valence-electron chi connectivity index (χ1n) is 4.73. The number of hydrogen-bond acceptors (Lipinski definition) is 1. The summed E-state index contributed by atoms with van der Waals surface area (Å²) < 4.78 is 0. The Hall–Kier alpha value is -0.690. The van der Waals surface area contributed by atoms with Crippen LogP contribution in [0.5, 0.6) is 0 Å². The van der Waals surface area contributed by atoms with E-state index in [4.69, 9.17) is 11.6 Å². The van der Waals surface area contributed by atoms with Gasteiger partial charge in [0.25, 0.3) is 0 Å². The molecule has 70 valence electrons. The number of benzene rings is 1. The van der Waals surface area contributed by atoms with E-state index in [0.717, 1.165) is 11.4 Å². The van der Waals surface area contributed by atoms with E-state index in [1.165, 1.54) is 11.3 Å². The molecule has 1 aliphatic heterocycles. The number of hydrogen-bond donors (Lipinski definition) is 1. The summed E-state index contributed by atoms with van der Waals surface area (Å²) in [7, 11) is 0. The van der Waals surface area contributed by atoms with E-state index in [9.17, 15) is 0 Å². The molecule has 13 heavy (non-hydrogen) atoms. The van der Waals surface area contributed by atoms with Gasteiger partial charge in [0.2, 0.25) is 0 Å². The third-order valence-corrected chi connectivity index (χ3v) is 2.98. The Morgan fingerprint density at radius 3 is 2.92 bits per heavy atom. The van der Waals surface area contributed by atoms with Crippen molar-refractivity contribution in [2.24, 2.45) is 0 Å². The fourth-order valence-electron chi connectivity index (χ4n) is 2.14. The molecule has 2 rings (SSSR count). The summed E-state index contributed by atoms with van der Waals surface area (Å²) >= 11 is 6.14. The van der Waals surface area contributed by atoms with Crippen LogP contribution < -0.4 is 5.32 Å². The molecule has 0 aliphatic carbocycles. The summed E-state index contributed by atoms with van der Waals surface area (Å²) in [6.07, 6.45) is 1.16. The molecule has 0 saturated carbocycles. The van der Waals surface area contributed by atoms with E-state index in [0.29, 0.717) is 12.0 Å². The van der Waals surface area contributed by atoms with Crippen molar-refractivity contribution >= 4 is 17.3 Å². The minimum Gasteiger partial charge on any atom is -0.382 e. The normalized spacial score (nSPS) is 26.4. The zero-order valence-electron chi connectivity index (χ0n) is 7.97. The van der Waals surface area contributed by atoms with E-state index in [1.54, 1.807) is 0 Å². The minimum absolute atomic E-state index is 0.556. The lowest BCUT2D eigenvalue weighted by atomic mass is 9.89. The van der Waals surface area contributed by atoms with E-state index in [-0.39, 0.29) is 0 Å². The van der Waals surface area contributed by atoms with Crippen molar-refractivity contribution in [2.75, 3.05) is 5.32 Å². The van der Waals surface area contributed by atoms with E-state index in [1.807, 2.05) is 12.1 Å². The van der Waals surface area contributed by atoms with Crippen LogP contribution in [0.25, 0.3) is 0 Å². The molecular weight excluding hydrogens is 182 g/mol. The van der Waals surface area contributed by atoms with Gasteiger partial charge in [-0.3, -0.25) is 0 Å². The van der Waals surface area contributed by atoms with Gasteiger partial charge in [0, 0.05) is 16.8 Å². The van der Waals surface area contributed by atoms with Gasteiger partial charge in [0.05, 0.1) is 0 Å². The first kappa shape index (κ1) is 8.89. The van der Waals surface area contributed by atoms with E-state index >= 15 is 0 Å². The Morgan fingerprint density at radius 2 is 2.15 bits per heavy atom. The second-order valence-corrected chi connectivity index (χ2v) is 4.29. The largest absolute Gasteiger partial charge is 0.382 e. The van der Waals surface area contributed by atoms with Gasteiger partial charge in [-0.15, -0.1) is 0 Å². The third kappa shape index (κ3) is 1.53. The maximum Gasteiger partial charge on any atom is 0.0461 e. The van der Waals surface area contributed by atoms with Crippen LogP contribution in [0.2, 0.25) is 5.02 Å². The fourth-order valence-corrected chi connectivity index (χ4v) is 2.50. The van der Waals surface area contributed by atoms with Crippen LogP contribution in [-0.2, 0) is 0 Å². The van der Waals surface area contributed by atoms with Crippen molar-refractivity contribution in [3.8, 4) is 0 Å². The molecule has 1 aliphatic rings. The maximum atomic E-state index is 6.14. The highest BCUT2D eigenvalue weighted by Gasteiger charge is 2.22. The lowest BCUT2D eigenvalue weighted by Crippen LogP contribution is -2.24. The van der Waals surface area contributed by atoms with Crippen molar-refractivity contribution in [3.05, 3.63) is 28.8 Å². The summed E-state index contributed by atoms with van der Waals surface area (Å²) in [5.74, 6) is 0.569. The average molecular weight is 196 g/mol. The smallest absolute Gasteiger partial charge is 0.0461 e. The number of nitrogens with one attached hydrogen (secondary N) is 1. The highest BCUT2D eigenvalue weighted by Crippen LogP contribution is 2.38. The standard InChI is InChI=1S/C11H14ClN/c1-7-6-8(2)13-10-5-3-4-9(12)11(7)10/h3-5,7-8,13H,6H2,1-2H3. The number of fused-ring (bicyclic) bond motifs is 1. The summed E-state index contributed by atoms with van der Waals surface area (Å²) in [4.78, 5) is 0. The fraction of sp³-hybridized carbons (Fsp3) is 0.455. The lowest BCUT2D eigenvalue weighted by Gasteiger charge is -2.29. The van der Waals surface area contributed by atoms with E-state index in [2.05, 4.69) is 25.2 Å². The molecule has 2 atom stereocenters. The second kappa shape index (κ2) is 3.22. The zero-order valence-corrected chi connectivity index (χ0v) is 8.73. The van der Waals surface area contributed by atoms with Crippen LogP contribution in [0.3, 0.4) is 0 Å². The van der Waals surface area contributed by atoms with Crippen LogP contribution >= 0.6 is 11.6 Å². The van der Waals surface area contributed by atoms with Crippen molar-refractivity contribution in [1.82, 2.24) is 0 Å². The van der Waals surface area contributed by atoms with Crippen LogP contribution in [0.15, 0.2) is 18.2 Å². The molecule has 0 aromatic heterocycles. The van der Waals surface area contributed by atoms with Crippen LogP contribution in [0, 0.1) is 0 Å². The van der Waals surface area contributed by atoms with Crippen LogP contribution in [0.4, 0.5) is 5.69 Å². The molecule has 0 saturated heterocycles. The first-order chi connectivity index (χ1) is 6.18. The SMILES string of the molecule is CC1CC(C)c2c(Cl)cccc2N1. The Balaban J connectivity index is 2.49. The molecule has 0 radical (unpaired) electrons. The molecule has 1 nitrogen and oxygen atoms in total. The predicted octanol–water partition coefficient (Wildman–Crippen LogP) is 3.65. The number of halogens is 1. The highest BCUT2D eigenvalue weighted by molar-refractivity contribution is 6.31. The predicted molar refractivity (Wildman–Crippen MR) is 57.6 cm³/mol. The number of rotatable bonds is 0. The molecule has 2 heteroatoms. The van der Waals surface area contributed by atoms with Gasteiger partial charge in [0.15, 0.2) is 0 Å². The second-order valence-electron chi connectivity index (χ2n) is 3.88. The molecule has 1 aromatic rings. The van der Waals surface area contributed by atoms with E-state index < -0.39 is 0 Å². The van der Waals surface area contributed by atoms with Crippen molar-refractivity contribution in [3.63, 3.8) is 0 Å². The summed E-state index contributed by atoms with van der Waals surface area (Å²) in [5.41, 5.74) is 2.49. The van der Waals surface area contributed by atoms with Crippen LogP contribution in [-0.4, -0.2) is 6.04 Å². The Morgan fingerprint density at radius 1 is 1.38 bits per heavy atom. The average Bonchev–Trinajstić information content (AvgIpc) is 2.02. The minimum atomic E-state index is 0.556. The molecule has 1 N–H and O–H groups in total. The Labute approximate surface area is 84.1 Å². The molecule has 1 aromatic carbocycles. The Bertz CT molecular complexity index is 322. The third-order valence-electron chi connectivity index (χ3n) is 2.65. The summed E-state index contributed by atoms with van der Waals surface area (Å²) in [5, 5.41) is 4.34. The van der Waals surface area contributed by atoms with Gasteiger partial charge in [-0.1, -0.05) is 24.6 Å². The molecule has 0 spiro atoms. The summed E-state index contributed by atoms with van der Waals surface area (Å²) in [6, 6.07) is 6.63. The maximum absolute atomic E-state index is 6.14. The van der Waals surface area contributed by atoms with Gasteiger partial charge in [-0.25, -0.2) is 0 Å². The zero-order chi connectivity index (χ0) is 9.42.